The molecule has 6 nitrogen and oxygen atoms in total. The number of thiophene rings is 1. The summed E-state index contributed by atoms with van der Waals surface area (Å²) >= 11 is 4.55. The van der Waals surface area contributed by atoms with E-state index in [0.717, 1.165) is 48.7 Å². The van der Waals surface area contributed by atoms with Crippen molar-refractivity contribution in [2.75, 3.05) is 45.8 Å². The average Bonchev–Trinajstić information content (AvgIpc) is 3.38. The molecule has 0 spiro atoms. The van der Waals surface area contributed by atoms with Crippen LogP contribution >= 0.6 is 27.3 Å². The lowest BCUT2D eigenvalue weighted by atomic mass is 9.97. The summed E-state index contributed by atoms with van der Waals surface area (Å²) in [5.41, 5.74) is 0. The normalized spacial score (nSPS) is 25.7. The molecule has 2 aliphatic heterocycles. The van der Waals surface area contributed by atoms with Gasteiger partial charge in [0.1, 0.15) is 4.21 Å². The Balaban J connectivity index is 1.35. The fourth-order valence-electron chi connectivity index (χ4n) is 4.00. The molecule has 2 saturated heterocycles. The summed E-state index contributed by atoms with van der Waals surface area (Å²) in [5, 5.41) is 0. The smallest absolute Gasteiger partial charge is 0.252 e. The van der Waals surface area contributed by atoms with Gasteiger partial charge >= 0.3 is 0 Å². The van der Waals surface area contributed by atoms with Crippen LogP contribution in [-0.2, 0) is 14.8 Å². The van der Waals surface area contributed by atoms with Gasteiger partial charge in [0.05, 0.1) is 9.70 Å². The number of amides is 1. The fourth-order valence-corrected chi connectivity index (χ4v) is 7.69. The highest BCUT2D eigenvalue weighted by Crippen LogP contribution is 2.32. The van der Waals surface area contributed by atoms with E-state index in [1.165, 1.54) is 35.0 Å². The number of carbonyl (C=O) groups is 1. The van der Waals surface area contributed by atoms with Crippen LogP contribution in [0.4, 0.5) is 0 Å². The van der Waals surface area contributed by atoms with E-state index in [4.69, 9.17) is 0 Å². The molecule has 0 radical (unpaired) electrons. The number of hydrogen-bond donors (Lipinski definition) is 0. The van der Waals surface area contributed by atoms with Gasteiger partial charge in [0.2, 0.25) is 5.91 Å². The maximum Gasteiger partial charge on any atom is 0.252 e. The Morgan fingerprint density at radius 1 is 1.11 bits per heavy atom. The molecule has 3 aliphatic rings. The number of rotatable bonds is 5. The molecule has 1 atom stereocenters. The number of piperazine rings is 1. The first-order chi connectivity index (χ1) is 12.9. The predicted molar refractivity (Wildman–Crippen MR) is 109 cm³/mol. The molecule has 0 bridgehead atoms. The van der Waals surface area contributed by atoms with E-state index in [-0.39, 0.29) is 11.8 Å². The van der Waals surface area contributed by atoms with E-state index in [9.17, 15) is 13.2 Å². The summed E-state index contributed by atoms with van der Waals surface area (Å²) in [6.07, 6.45) is 4.23. The lowest BCUT2D eigenvalue weighted by Gasteiger charge is -2.38. The second-order valence-corrected chi connectivity index (χ2v) is 12.5. The molecule has 1 saturated carbocycles. The van der Waals surface area contributed by atoms with Crippen LogP contribution in [0, 0.1) is 11.8 Å². The molecule has 1 aromatic heterocycles. The highest BCUT2D eigenvalue weighted by molar-refractivity contribution is 9.11. The van der Waals surface area contributed by atoms with Crippen molar-refractivity contribution in [2.24, 2.45) is 11.8 Å². The summed E-state index contributed by atoms with van der Waals surface area (Å²) in [7, 11) is -3.51. The third-order valence-electron chi connectivity index (χ3n) is 5.77. The highest BCUT2D eigenvalue weighted by atomic mass is 79.9. The van der Waals surface area contributed by atoms with Gasteiger partial charge in [0, 0.05) is 45.8 Å². The SMILES string of the molecule is O=C(C1CCCN(S(=O)(=O)c2ccc(Br)s2)C1)N1CCN(CC2CC2)CC1. The van der Waals surface area contributed by atoms with Crippen molar-refractivity contribution in [3.05, 3.63) is 15.9 Å². The van der Waals surface area contributed by atoms with E-state index in [0.29, 0.717) is 17.3 Å². The van der Waals surface area contributed by atoms with E-state index in [1.807, 2.05) is 4.90 Å². The van der Waals surface area contributed by atoms with Gasteiger partial charge in [0.25, 0.3) is 10.0 Å². The Morgan fingerprint density at radius 2 is 1.85 bits per heavy atom. The molecule has 1 unspecified atom stereocenters. The number of carbonyl (C=O) groups excluding carboxylic acids is 1. The van der Waals surface area contributed by atoms with Gasteiger partial charge in [-0.3, -0.25) is 9.69 Å². The molecule has 3 heterocycles. The van der Waals surface area contributed by atoms with Crippen LogP contribution in [0.25, 0.3) is 0 Å². The van der Waals surface area contributed by atoms with Crippen molar-refractivity contribution < 1.29 is 13.2 Å². The number of sulfonamides is 1. The van der Waals surface area contributed by atoms with E-state index in [2.05, 4.69) is 20.8 Å². The van der Waals surface area contributed by atoms with Gasteiger partial charge in [-0.15, -0.1) is 11.3 Å². The largest absolute Gasteiger partial charge is 0.340 e. The molecular formula is C18H26BrN3O3S2. The number of nitrogens with zero attached hydrogens (tertiary/aromatic N) is 3. The summed E-state index contributed by atoms with van der Waals surface area (Å²) in [4.78, 5) is 17.4. The first-order valence-corrected chi connectivity index (χ1v) is 12.7. The van der Waals surface area contributed by atoms with Crippen LogP contribution in [0.1, 0.15) is 25.7 Å². The number of hydrogen-bond acceptors (Lipinski definition) is 5. The zero-order valence-electron chi connectivity index (χ0n) is 15.3. The Bertz CT molecular complexity index is 786. The fraction of sp³-hybridized carbons (Fsp3) is 0.722. The van der Waals surface area contributed by atoms with Crippen molar-refractivity contribution in [3.63, 3.8) is 0 Å². The van der Waals surface area contributed by atoms with Crippen molar-refractivity contribution >= 4 is 43.2 Å². The lowest BCUT2D eigenvalue weighted by Crippen LogP contribution is -2.53. The Kier molecular flexibility index (Phi) is 5.95. The standard InChI is InChI=1S/C18H26BrN3O3S2/c19-16-5-6-17(26-16)27(24,25)22-7-1-2-15(13-22)18(23)21-10-8-20(9-11-21)12-14-3-4-14/h5-6,14-15H,1-4,7-13H2. The van der Waals surface area contributed by atoms with E-state index in [1.54, 1.807) is 12.1 Å². The Labute approximate surface area is 173 Å². The third-order valence-corrected chi connectivity index (χ3v) is 9.73. The highest BCUT2D eigenvalue weighted by Gasteiger charge is 2.36. The second kappa shape index (κ2) is 8.10. The number of piperidine rings is 1. The van der Waals surface area contributed by atoms with Gasteiger partial charge in [-0.1, -0.05) is 0 Å². The van der Waals surface area contributed by atoms with Crippen molar-refractivity contribution in [1.82, 2.24) is 14.1 Å². The topological polar surface area (TPSA) is 60.9 Å². The van der Waals surface area contributed by atoms with Crippen molar-refractivity contribution in [1.29, 1.82) is 0 Å². The summed E-state index contributed by atoms with van der Waals surface area (Å²) in [5.74, 6) is 0.793. The molecule has 150 valence electrons. The van der Waals surface area contributed by atoms with Crippen LogP contribution in [0.15, 0.2) is 20.1 Å². The minimum atomic E-state index is -3.51. The van der Waals surface area contributed by atoms with Crippen molar-refractivity contribution in [2.45, 2.75) is 29.9 Å². The third kappa shape index (κ3) is 4.58. The molecule has 1 aliphatic carbocycles. The van der Waals surface area contributed by atoms with Gasteiger partial charge < -0.3 is 4.90 Å². The zero-order valence-corrected chi connectivity index (χ0v) is 18.6. The lowest BCUT2D eigenvalue weighted by molar-refractivity contribution is -0.138. The zero-order chi connectivity index (χ0) is 19.0. The van der Waals surface area contributed by atoms with Crippen LogP contribution in [-0.4, -0.2) is 74.2 Å². The summed E-state index contributed by atoms with van der Waals surface area (Å²) < 4.78 is 28.4. The van der Waals surface area contributed by atoms with Crippen LogP contribution in [0.5, 0.6) is 0 Å². The van der Waals surface area contributed by atoms with E-state index < -0.39 is 10.0 Å². The van der Waals surface area contributed by atoms with Crippen LogP contribution in [0.2, 0.25) is 0 Å². The Morgan fingerprint density at radius 3 is 2.48 bits per heavy atom. The van der Waals surface area contributed by atoms with E-state index >= 15 is 0 Å². The maximum absolute atomic E-state index is 13.0. The molecule has 1 aromatic rings. The molecule has 27 heavy (non-hydrogen) atoms. The molecular weight excluding hydrogens is 450 g/mol. The molecule has 9 heteroatoms. The van der Waals surface area contributed by atoms with Crippen LogP contribution in [0.3, 0.4) is 0 Å². The molecule has 0 aromatic carbocycles. The van der Waals surface area contributed by atoms with Crippen LogP contribution < -0.4 is 0 Å². The minimum absolute atomic E-state index is 0.133. The molecule has 1 amide bonds. The Hall–Kier alpha value is -0.480. The van der Waals surface area contributed by atoms with Gasteiger partial charge in [-0.05, 0) is 59.7 Å². The minimum Gasteiger partial charge on any atom is -0.340 e. The quantitative estimate of drug-likeness (QED) is 0.655. The first kappa shape index (κ1) is 19.8. The first-order valence-electron chi connectivity index (χ1n) is 9.70. The van der Waals surface area contributed by atoms with Crippen molar-refractivity contribution in [3.8, 4) is 0 Å². The predicted octanol–water partition coefficient (Wildman–Crippen LogP) is 2.47. The maximum atomic E-state index is 13.0. The monoisotopic (exact) mass is 475 g/mol. The summed E-state index contributed by atoms with van der Waals surface area (Å²) in [6.45, 7) is 5.41. The van der Waals surface area contributed by atoms with Gasteiger partial charge in [0.15, 0.2) is 0 Å². The second-order valence-electron chi connectivity index (χ2n) is 7.83. The average molecular weight is 476 g/mol. The molecule has 0 N–H and O–H groups in total. The molecule has 4 rings (SSSR count). The van der Waals surface area contributed by atoms with Gasteiger partial charge in [-0.2, -0.15) is 4.31 Å². The summed E-state index contributed by atoms with van der Waals surface area (Å²) in [6, 6.07) is 3.39. The molecule has 3 fully saturated rings. The van der Waals surface area contributed by atoms with Gasteiger partial charge in [-0.25, -0.2) is 8.42 Å². The number of halogens is 1.